The molecule has 9 heteroatoms. The Morgan fingerprint density at radius 3 is 2.58 bits per heavy atom. The van der Waals surface area contributed by atoms with Gasteiger partial charge >= 0.3 is 0 Å². The summed E-state index contributed by atoms with van der Waals surface area (Å²) in [5.41, 5.74) is 1.06. The Bertz CT molecular complexity index is 868. The van der Waals surface area contributed by atoms with E-state index in [0.717, 1.165) is 5.56 Å². The molecule has 0 bridgehead atoms. The summed E-state index contributed by atoms with van der Waals surface area (Å²) in [5, 5.41) is 11.2. The van der Waals surface area contributed by atoms with Gasteiger partial charge in [0.15, 0.2) is 5.82 Å². The van der Waals surface area contributed by atoms with Gasteiger partial charge in [-0.15, -0.1) is 0 Å². The van der Waals surface area contributed by atoms with Gasteiger partial charge in [0.2, 0.25) is 0 Å². The summed E-state index contributed by atoms with van der Waals surface area (Å²) in [4.78, 5) is 12.3. The monoisotopic (exact) mass is 367 g/mol. The lowest BCUT2D eigenvalue weighted by atomic mass is 10.2. The molecule has 1 amide bonds. The fraction of sp³-hybridized carbons (Fsp3) is 0.133. The van der Waals surface area contributed by atoms with E-state index in [0.29, 0.717) is 6.54 Å². The number of hydrogen-bond acceptors (Lipinski definition) is 3. The second-order valence-electron chi connectivity index (χ2n) is 5.07. The summed E-state index contributed by atoms with van der Waals surface area (Å²) < 4.78 is 15.8. The van der Waals surface area contributed by atoms with Crippen LogP contribution in [0.15, 0.2) is 36.7 Å². The zero-order valence-corrected chi connectivity index (χ0v) is 14.0. The predicted molar refractivity (Wildman–Crippen MR) is 88.9 cm³/mol. The van der Waals surface area contributed by atoms with Gasteiger partial charge in [-0.3, -0.25) is 14.2 Å². The first-order chi connectivity index (χ1) is 11.4. The highest BCUT2D eigenvalue weighted by Gasteiger charge is 2.18. The lowest BCUT2D eigenvalue weighted by Crippen LogP contribution is -2.17. The van der Waals surface area contributed by atoms with Crippen LogP contribution in [0.25, 0.3) is 0 Å². The van der Waals surface area contributed by atoms with Gasteiger partial charge in [-0.25, -0.2) is 4.39 Å². The minimum Gasteiger partial charge on any atom is -0.302 e. The van der Waals surface area contributed by atoms with E-state index in [4.69, 9.17) is 23.2 Å². The maximum absolute atomic E-state index is 12.9. The molecule has 0 aliphatic rings. The van der Waals surface area contributed by atoms with Gasteiger partial charge < -0.3 is 5.32 Å². The lowest BCUT2D eigenvalue weighted by molar-refractivity contribution is 0.101. The molecule has 2 heterocycles. The summed E-state index contributed by atoms with van der Waals surface area (Å²) in [7, 11) is 1.61. The number of hydrogen-bond donors (Lipinski definition) is 1. The Morgan fingerprint density at radius 1 is 1.25 bits per heavy atom. The Labute approximate surface area is 146 Å². The van der Waals surface area contributed by atoms with Crippen LogP contribution >= 0.6 is 23.2 Å². The predicted octanol–water partition coefficient (Wildman–Crippen LogP) is 3.36. The van der Waals surface area contributed by atoms with Gasteiger partial charge in [0.1, 0.15) is 16.5 Å². The molecular weight excluding hydrogens is 356 g/mol. The first kappa shape index (κ1) is 16.5. The quantitative estimate of drug-likeness (QED) is 0.768. The molecule has 0 fully saturated rings. The van der Waals surface area contributed by atoms with E-state index >= 15 is 0 Å². The van der Waals surface area contributed by atoms with Crippen LogP contribution in [0, 0.1) is 5.82 Å². The Balaban J connectivity index is 1.77. The van der Waals surface area contributed by atoms with E-state index < -0.39 is 5.91 Å². The van der Waals surface area contributed by atoms with E-state index in [1.54, 1.807) is 30.1 Å². The van der Waals surface area contributed by atoms with Gasteiger partial charge in [0, 0.05) is 13.2 Å². The standard InChI is InChI=1S/C15H12Cl2FN5O/c1-22-13(11(16)6-19-22)15(24)20-14-12(17)8-23(21-14)7-9-2-4-10(18)5-3-9/h2-6,8H,7H2,1H3,(H,20,21,24). The highest BCUT2D eigenvalue weighted by molar-refractivity contribution is 6.35. The summed E-state index contributed by atoms with van der Waals surface area (Å²) in [6.07, 6.45) is 2.95. The van der Waals surface area contributed by atoms with Crippen LogP contribution in [0.5, 0.6) is 0 Å². The fourth-order valence-corrected chi connectivity index (χ4v) is 2.62. The van der Waals surface area contributed by atoms with Crippen LogP contribution in [-0.2, 0) is 13.6 Å². The van der Waals surface area contributed by atoms with Crippen molar-refractivity contribution in [2.24, 2.45) is 7.05 Å². The number of halogens is 3. The molecule has 0 radical (unpaired) electrons. The number of benzene rings is 1. The first-order valence-electron chi connectivity index (χ1n) is 6.90. The van der Waals surface area contributed by atoms with Crippen molar-refractivity contribution >= 4 is 34.9 Å². The molecule has 3 rings (SSSR count). The number of aromatic nitrogens is 4. The summed E-state index contributed by atoms with van der Waals surface area (Å²) in [5.74, 6) is -0.562. The second-order valence-corrected chi connectivity index (χ2v) is 5.88. The van der Waals surface area contributed by atoms with Crippen molar-refractivity contribution < 1.29 is 9.18 Å². The summed E-state index contributed by atoms with van der Waals surface area (Å²) in [6, 6.07) is 6.04. The number of aryl methyl sites for hydroxylation is 1. The zero-order valence-electron chi connectivity index (χ0n) is 12.5. The van der Waals surface area contributed by atoms with Gasteiger partial charge in [-0.1, -0.05) is 35.3 Å². The molecule has 0 saturated heterocycles. The van der Waals surface area contributed by atoms with Crippen molar-refractivity contribution in [2.45, 2.75) is 6.54 Å². The van der Waals surface area contributed by atoms with Crippen LogP contribution in [0.2, 0.25) is 10.0 Å². The Hall–Kier alpha value is -2.38. The van der Waals surface area contributed by atoms with E-state index in [1.807, 2.05) is 0 Å². The number of carbonyl (C=O) groups is 1. The molecule has 0 saturated carbocycles. The second kappa shape index (κ2) is 6.62. The van der Waals surface area contributed by atoms with Crippen LogP contribution < -0.4 is 5.32 Å². The number of carbonyl (C=O) groups excluding carboxylic acids is 1. The maximum Gasteiger partial charge on any atom is 0.276 e. The molecule has 2 aromatic heterocycles. The molecule has 1 aromatic carbocycles. The summed E-state index contributed by atoms with van der Waals surface area (Å²) >= 11 is 12.0. The normalized spacial score (nSPS) is 10.8. The molecule has 6 nitrogen and oxygen atoms in total. The molecule has 24 heavy (non-hydrogen) atoms. The van der Waals surface area contributed by atoms with Crippen LogP contribution in [-0.4, -0.2) is 25.5 Å². The van der Waals surface area contributed by atoms with E-state index in [9.17, 15) is 9.18 Å². The van der Waals surface area contributed by atoms with Crippen molar-refractivity contribution in [3.63, 3.8) is 0 Å². The molecule has 0 spiro atoms. The van der Waals surface area contributed by atoms with Gasteiger partial charge in [-0.2, -0.15) is 10.2 Å². The number of amides is 1. The first-order valence-corrected chi connectivity index (χ1v) is 7.66. The smallest absolute Gasteiger partial charge is 0.276 e. The topological polar surface area (TPSA) is 64.7 Å². The van der Waals surface area contributed by atoms with Crippen LogP contribution in [0.4, 0.5) is 10.2 Å². The average molecular weight is 368 g/mol. The highest BCUT2D eigenvalue weighted by atomic mass is 35.5. The van der Waals surface area contributed by atoms with Crippen LogP contribution in [0.1, 0.15) is 16.1 Å². The van der Waals surface area contributed by atoms with Crippen LogP contribution in [0.3, 0.4) is 0 Å². The fourth-order valence-electron chi connectivity index (χ4n) is 2.17. The third kappa shape index (κ3) is 3.42. The Morgan fingerprint density at radius 2 is 1.96 bits per heavy atom. The van der Waals surface area contributed by atoms with Crippen molar-refractivity contribution in [3.05, 3.63) is 63.8 Å². The SMILES string of the molecule is Cn1ncc(Cl)c1C(=O)Nc1nn(Cc2ccc(F)cc2)cc1Cl. The molecule has 3 aromatic rings. The maximum atomic E-state index is 12.9. The number of rotatable bonds is 4. The molecular formula is C15H12Cl2FN5O. The number of anilines is 1. The third-order valence-electron chi connectivity index (χ3n) is 3.32. The molecule has 0 aliphatic heterocycles. The highest BCUT2D eigenvalue weighted by Crippen LogP contribution is 2.22. The van der Waals surface area contributed by atoms with E-state index in [-0.39, 0.29) is 27.4 Å². The zero-order chi connectivity index (χ0) is 17.3. The lowest BCUT2D eigenvalue weighted by Gasteiger charge is -2.04. The van der Waals surface area contributed by atoms with Crippen molar-refractivity contribution in [1.82, 2.24) is 19.6 Å². The molecule has 0 unspecified atom stereocenters. The molecule has 0 aliphatic carbocycles. The van der Waals surface area contributed by atoms with Gasteiger partial charge in [-0.05, 0) is 17.7 Å². The third-order valence-corrected chi connectivity index (χ3v) is 3.87. The minimum atomic E-state index is -0.464. The molecule has 1 N–H and O–H groups in total. The van der Waals surface area contributed by atoms with Gasteiger partial charge in [0.05, 0.1) is 17.8 Å². The summed E-state index contributed by atoms with van der Waals surface area (Å²) in [6.45, 7) is 0.391. The Kier molecular flexibility index (Phi) is 4.55. The van der Waals surface area contributed by atoms with E-state index in [2.05, 4.69) is 15.5 Å². The molecule has 124 valence electrons. The number of nitrogens with one attached hydrogen (secondary N) is 1. The largest absolute Gasteiger partial charge is 0.302 e. The van der Waals surface area contributed by atoms with E-state index in [1.165, 1.54) is 23.0 Å². The van der Waals surface area contributed by atoms with Crippen molar-refractivity contribution in [2.75, 3.05) is 5.32 Å². The number of nitrogens with zero attached hydrogens (tertiary/aromatic N) is 4. The van der Waals surface area contributed by atoms with Crippen molar-refractivity contribution in [3.8, 4) is 0 Å². The minimum absolute atomic E-state index is 0.209. The van der Waals surface area contributed by atoms with Gasteiger partial charge in [0.25, 0.3) is 5.91 Å². The van der Waals surface area contributed by atoms with Crippen molar-refractivity contribution in [1.29, 1.82) is 0 Å². The molecule has 0 atom stereocenters. The average Bonchev–Trinajstić information content (AvgIpc) is 3.04.